The lowest BCUT2D eigenvalue weighted by molar-refractivity contribution is -0.134. The number of rotatable bonds is 6. The van der Waals surface area contributed by atoms with Crippen LogP contribution in [0.15, 0.2) is 18.2 Å². The summed E-state index contributed by atoms with van der Waals surface area (Å²) in [4.78, 5) is 19.2. The van der Waals surface area contributed by atoms with E-state index in [0.717, 1.165) is 43.3 Å². The number of amides is 1. The van der Waals surface area contributed by atoms with Crippen LogP contribution in [0.2, 0.25) is 5.02 Å². The number of hydrogen-bond acceptors (Lipinski definition) is 5. The van der Waals surface area contributed by atoms with Gasteiger partial charge in [0.25, 0.3) is 0 Å². The molecule has 1 amide bonds. The largest absolute Gasteiger partial charge is 0.369 e. The van der Waals surface area contributed by atoms with Crippen LogP contribution in [-0.4, -0.2) is 80.9 Å². The number of anilines is 1. The monoisotopic (exact) mass is 427 g/mol. The predicted molar refractivity (Wildman–Crippen MR) is 114 cm³/mol. The fraction of sp³-hybridized carbons (Fsp3) is 0.650. The second-order valence-electron chi connectivity index (χ2n) is 7.84. The van der Waals surface area contributed by atoms with Crippen LogP contribution in [0.25, 0.3) is 0 Å². The van der Waals surface area contributed by atoms with Crippen molar-refractivity contribution in [2.45, 2.75) is 32.7 Å². The molecule has 1 aromatic rings. The number of carbonyl (C=O) groups excluding carboxylic acids is 1. The van der Waals surface area contributed by atoms with Gasteiger partial charge >= 0.3 is 0 Å². The molecule has 3 rings (SSSR count). The molecule has 1 aromatic carbocycles. The van der Waals surface area contributed by atoms with Gasteiger partial charge in [-0.15, -0.1) is 0 Å². The number of benzene rings is 1. The van der Waals surface area contributed by atoms with Crippen LogP contribution < -0.4 is 4.90 Å². The normalized spacial score (nSPS) is 22.4. The fourth-order valence-electron chi connectivity index (χ4n) is 4.13. The summed E-state index contributed by atoms with van der Waals surface area (Å²) in [5.41, 5.74) is 2.35. The van der Waals surface area contributed by atoms with Crippen molar-refractivity contribution in [1.82, 2.24) is 9.80 Å². The van der Waals surface area contributed by atoms with Crippen LogP contribution in [0.5, 0.6) is 0 Å². The van der Waals surface area contributed by atoms with Crippen molar-refractivity contribution >= 4 is 33.0 Å². The molecular weight excluding hydrogens is 398 g/mol. The molecule has 0 radical (unpaired) electrons. The Kier molecular flexibility index (Phi) is 6.89. The summed E-state index contributed by atoms with van der Waals surface area (Å²) in [6, 6.07) is 5.78. The highest BCUT2D eigenvalue weighted by Gasteiger charge is 2.34. The number of nitrogens with zero attached hydrogens (tertiary/aromatic N) is 3. The molecule has 2 saturated heterocycles. The van der Waals surface area contributed by atoms with E-state index in [1.54, 1.807) is 4.90 Å². The third-order valence-corrected chi connectivity index (χ3v) is 7.66. The highest BCUT2D eigenvalue weighted by Crippen LogP contribution is 2.25. The van der Waals surface area contributed by atoms with Crippen LogP contribution in [0.1, 0.15) is 25.3 Å². The first-order chi connectivity index (χ1) is 13.3. The summed E-state index contributed by atoms with van der Waals surface area (Å²) < 4.78 is 23.6. The lowest BCUT2D eigenvalue weighted by Crippen LogP contribution is -2.52. The molecule has 0 saturated carbocycles. The highest BCUT2D eigenvalue weighted by atomic mass is 35.5. The minimum Gasteiger partial charge on any atom is -0.369 e. The Morgan fingerprint density at radius 1 is 1.25 bits per heavy atom. The Hall–Kier alpha value is -1.31. The molecule has 0 unspecified atom stereocenters. The second-order valence-corrected chi connectivity index (χ2v) is 10.5. The van der Waals surface area contributed by atoms with E-state index in [-0.39, 0.29) is 23.5 Å². The molecule has 1 atom stereocenters. The molecule has 0 bridgehead atoms. The summed E-state index contributed by atoms with van der Waals surface area (Å²) >= 11 is 6.15. The molecule has 0 aliphatic carbocycles. The van der Waals surface area contributed by atoms with E-state index in [1.165, 1.54) is 5.56 Å². The van der Waals surface area contributed by atoms with Crippen molar-refractivity contribution in [1.29, 1.82) is 0 Å². The van der Waals surface area contributed by atoms with E-state index in [0.29, 0.717) is 19.5 Å². The zero-order chi connectivity index (χ0) is 20.3. The molecule has 28 heavy (non-hydrogen) atoms. The molecule has 0 N–H and O–H groups in total. The lowest BCUT2D eigenvalue weighted by Gasteiger charge is -2.38. The number of carbonyl (C=O) groups is 1. The zero-order valence-corrected chi connectivity index (χ0v) is 18.3. The predicted octanol–water partition coefficient (Wildman–Crippen LogP) is 2.20. The Balaban J connectivity index is 1.57. The Morgan fingerprint density at radius 3 is 2.57 bits per heavy atom. The van der Waals surface area contributed by atoms with Crippen molar-refractivity contribution in [2.75, 3.05) is 55.7 Å². The Morgan fingerprint density at radius 2 is 1.96 bits per heavy atom. The summed E-state index contributed by atoms with van der Waals surface area (Å²) in [7, 11) is -3.00. The third-order valence-electron chi connectivity index (χ3n) is 5.68. The SMILES string of the molecule is CCCN(C(=O)CN1CCN(c2cc(Cl)ccc2C)CC1)[C@H]1CCS(=O)(=O)C1. The summed E-state index contributed by atoms with van der Waals surface area (Å²) in [6.07, 6.45) is 1.40. The van der Waals surface area contributed by atoms with Crippen molar-refractivity contribution < 1.29 is 13.2 Å². The van der Waals surface area contributed by atoms with Crippen molar-refractivity contribution in [3.63, 3.8) is 0 Å². The Labute approximate surface area is 173 Å². The maximum absolute atomic E-state index is 12.9. The quantitative estimate of drug-likeness (QED) is 0.696. The van der Waals surface area contributed by atoms with Gasteiger partial charge in [0.1, 0.15) is 0 Å². The maximum atomic E-state index is 12.9. The molecule has 2 fully saturated rings. The first kappa shape index (κ1) is 21.4. The number of sulfone groups is 1. The van der Waals surface area contributed by atoms with E-state index in [1.807, 2.05) is 25.1 Å². The van der Waals surface area contributed by atoms with E-state index in [4.69, 9.17) is 11.6 Å². The topological polar surface area (TPSA) is 60.9 Å². The van der Waals surface area contributed by atoms with Crippen LogP contribution in [0.4, 0.5) is 5.69 Å². The van der Waals surface area contributed by atoms with Gasteiger partial charge in [-0.1, -0.05) is 24.6 Å². The van der Waals surface area contributed by atoms with Gasteiger partial charge in [0.15, 0.2) is 9.84 Å². The summed E-state index contributed by atoms with van der Waals surface area (Å²) in [6.45, 7) is 8.40. The third kappa shape index (κ3) is 5.19. The minimum atomic E-state index is -3.00. The molecule has 6 nitrogen and oxygen atoms in total. The molecule has 156 valence electrons. The van der Waals surface area contributed by atoms with E-state index in [9.17, 15) is 13.2 Å². The highest BCUT2D eigenvalue weighted by molar-refractivity contribution is 7.91. The van der Waals surface area contributed by atoms with Gasteiger partial charge in [-0.2, -0.15) is 0 Å². The van der Waals surface area contributed by atoms with Crippen LogP contribution in [0.3, 0.4) is 0 Å². The molecule has 2 aliphatic rings. The molecule has 0 spiro atoms. The molecule has 2 heterocycles. The zero-order valence-electron chi connectivity index (χ0n) is 16.7. The smallest absolute Gasteiger partial charge is 0.237 e. The molecule has 0 aromatic heterocycles. The van der Waals surface area contributed by atoms with Gasteiger partial charge in [-0.25, -0.2) is 8.42 Å². The van der Waals surface area contributed by atoms with E-state index in [2.05, 4.69) is 16.7 Å². The molecule has 2 aliphatic heterocycles. The van der Waals surface area contributed by atoms with Crippen molar-refractivity contribution in [2.24, 2.45) is 0 Å². The van der Waals surface area contributed by atoms with Gasteiger partial charge in [0.05, 0.1) is 18.1 Å². The van der Waals surface area contributed by atoms with Gasteiger partial charge < -0.3 is 9.80 Å². The standard InChI is InChI=1S/C20H30ClN3O3S/c1-3-7-24(18-6-12-28(26,27)15-18)20(25)14-22-8-10-23(11-9-22)19-13-17(21)5-4-16(19)2/h4-5,13,18H,3,6-12,14-15H2,1-2H3/t18-/m0/s1. The van der Waals surface area contributed by atoms with Gasteiger partial charge in [0.2, 0.25) is 5.91 Å². The number of aryl methyl sites for hydroxylation is 1. The number of hydrogen-bond donors (Lipinski definition) is 0. The van der Waals surface area contributed by atoms with E-state index < -0.39 is 9.84 Å². The van der Waals surface area contributed by atoms with Crippen LogP contribution in [-0.2, 0) is 14.6 Å². The molecular formula is C20H30ClN3O3S. The van der Waals surface area contributed by atoms with E-state index >= 15 is 0 Å². The molecule has 8 heteroatoms. The first-order valence-corrected chi connectivity index (χ1v) is 12.2. The van der Waals surface area contributed by atoms with Gasteiger partial charge in [0, 0.05) is 49.5 Å². The van der Waals surface area contributed by atoms with Crippen LogP contribution in [0, 0.1) is 6.92 Å². The van der Waals surface area contributed by atoms with Gasteiger partial charge in [-0.3, -0.25) is 9.69 Å². The average molecular weight is 428 g/mol. The average Bonchev–Trinajstić information content (AvgIpc) is 3.01. The van der Waals surface area contributed by atoms with Crippen molar-refractivity contribution in [3.8, 4) is 0 Å². The van der Waals surface area contributed by atoms with Crippen molar-refractivity contribution in [3.05, 3.63) is 28.8 Å². The second kappa shape index (κ2) is 9.01. The summed E-state index contributed by atoms with van der Waals surface area (Å²) in [5.74, 6) is 0.361. The fourth-order valence-corrected chi connectivity index (χ4v) is 6.02. The Bertz CT molecular complexity index is 807. The number of piperazine rings is 1. The van der Waals surface area contributed by atoms with Gasteiger partial charge in [-0.05, 0) is 37.5 Å². The summed E-state index contributed by atoms with van der Waals surface area (Å²) in [5, 5.41) is 0.736. The lowest BCUT2D eigenvalue weighted by atomic mass is 10.1. The maximum Gasteiger partial charge on any atom is 0.237 e. The number of halogens is 1. The van der Waals surface area contributed by atoms with Crippen LogP contribution >= 0.6 is 11.6 Å². The minimum absolute atomic E-state index is 0.0522. The first-order valence-electron chi connectivity index (χ1n) is 10.0.